The highest BCUT2D eigenvalue weighted by Crippen LogP contribution is 2.22. The molecule has 1 atom stereocenters. The summed E-state index contributed by atoms with van der Waals surface area (Å²) in [7, 11) is 1.57. The molecule has 1 unspecified atom stereocenters. The first kappa shape index (κ1) is 12.1. The van der Waals surface area contributed by atoms with Crippen molar-refractivity contribution in [3.63, 3.8) is 0 Å². The Kier molecular flexibility index (Phi) is 4.19. The van der Waals surface area contributed by atoms with Crippen molar-refractivity contribution in [3.8, 4) is 0 Å². The number of rotatable bonds is 6. The second-order valence-corrected chi connectivity index (χ2v) is 4.08. The van der Waals surface area contributed by atoms with Gasteiger partial charge in [-0.15, -0.1) is 11.3 Å². The number of aliphatic carboxylic acids is 1. The average molecular weight is 230 g/mol. The minimum atomic E-state index is -1.13. The molecule has 0 aromatic carbocycles. The van der Waals surface area contributed by atoms with Crippen LogP contribution in [-0.2, 0) is 15.1 Å². The molecular formula is C9H14N2O3S. The lowest BCUT2D eigenvalue weighted by atomic mass is 10.0. The lowest BCUT2D eigenvalue weighted by Gasteiger charge is -2.23. The molecular weight excluding hydrogens is 216 g/mol. The number of carbonyl (C=O) groups is 1. The molecule has 0 amide bonds. The summed E-state index contributed by atoms with van der Waals surface area (Å²) >= 11 is 1.32. The summed E-state index contributed by atoms with van der Waals surface area (Å²) in [5.74, 6) is -0.937. The van der Waals surface area contributed by atoms with Crippen LogP contribution in [0.15, 0.2) is 11.6 Å². The van der Waals surface area contributed by atoms with Gasteiger partial charge in [0.1, 0.15) is 5.01 Å². The van der Waals surface area contributed by atoms with E-state index in [4.69, 9.17) is 9.84 Å². The number of nitrogens with one attached hydrogen (secondary N) is 1. The quantitative estimate of drug-likeness (QED) is 0.703. The van der Waals surface area contributed by atoms with E-state index in [1.807, 2.05) is 0 Å². The maximum atomic E-state index is 11.2. The number of nitrogens with zero attached hydrogens (tertiary/aromatic N) is 1. The fourth-order valence-corrected chi connectivity index (χ4v) is 1.88. The summed E-state index contributed by atoms with van der Waals surface area (Å²) in [6, 6.07) is 0. The summed E-state index contributed by atoms with van der Waals surface area (Å²) in [5.41, 5.74) is -1.13. The van der Waals surface area contributed by atoms with Crippen LogP contribution >= 0.6 is 11.3 Å². The van der Waals surface area contributed by atoms with Gasteiger partial charge in [-0.25, -0.2) is 9.78 Å². The third-order valence-corrected chi connectivity index (χ3v) is 3.07. The number of carboxylic acids is 1. The number of methoxy groups -OCH3 is 1. The Morgan fingerprint density at radius 3 is 3.00 bits per heavy atom. The Morgan fingerprint density at radius 2 is 2.53 bits per heavy atom. The lowest BCUT2D eigenvalue weighted by molar-refractivity contribution is -0.144. The van der Waals surface area contributed by atoms with Gasteiger partial charge in [0.25, 0.3) is 0 Å². The van der Waals surface area contributed by atoms with Crippen LogP contribution in [0, 0.1) is 0 Å². The molecule has 1 rings (SSSR count). The van der Waals surface area contributed by atoms with E-state index in [0.29, 0.717) is 18.2 Å². The van der Waals surface area contributed by atoms with Crippen LogP contribution < -0.4 is 5.32 Å². The average Bonchev–Trinajstić information content (AvgIpc) is 2.70. The van der Waals surface area contributed by atoms with E-state index in [1.54, 1.807) is 25.6 Å². The van der Waals surface area contributed by atoms with Crippen molar-refractivity contribution in [2.45, 2.75) is 12.5 Å². The highest BCUT2D eigenvalue weighted by molar-refractivity contribution is 7.09. The van der Waals surface area contributed by atoms with E-state index in [9.17, 15) is 4.79 Å². The van der Waals surface area contributed by atoms with Gasteiger partial charge in [0.05, 0.1) is 6.61 Å². The van der Waals surface area contributed by atoms with Crippen molar-refractivity contribution in [1.82, 2.24) is 10.3 Å². The standard InChI is InChI=1S/C9H14N2O3S/c1-9(8(12)13,11-3-5-14-2)7-10-4-6-15-7/h4,6,11H,3,5H2,1-2H3,(H,12,13). The molecule has 0 aliphatic rings. The fraction of sp³-hybridized carbons (Fsp3) is 0.556. The fourth-order valence-electron chi connectivity index (χ4n) is 1.12. The number of hydrogen-bond acceptors (Lipinski definition) is 5. The zero-order valence-corrected chi connectivity index (χ0v) is 9.50. The Morgan fingerprint density at radius 1 is 1.80 bits per heavy atom. The zero-order chi connectivity index (χ0) is 11.3. The second kappa shape index (κ2) is 5.20. The second-order valence-electron chi connectivity index (χ2n) is 3.19. The molecule has 0 radical (unpaired) electrons. The number of carboxylic acid groups (broad SMARTS) is 1. The molecule has 0 fully saturated rings. The van der Waals surface area contributed by atoms with Gasteiger partial charge in [-0.2, -0.15) is 0 Å². The van der Waals surface area contributed by atoms with Gasteiger partial charge in [0.15, 0.2) is 5.54 Å². The number of thiazole rings is 1. The monoisotopic (exact) mass is 230 g/mol. The first-order chi connectivity index (χ1) is 7.11. The van der Waals surface area contributed by atoms with Gasteiger partial charge in [-0.1, -0.05) is 0 Å². The maximum absolute atomic E-state index is 11.2. The van der Waals surface area contributed by atoms with Crippen molar-refractivity contribution >= 4 is 17.3 Å². The van der Waals surface area contributed by atoms with Crippen LogP contribution in [0.5, 0.6) is 0 Å². The molecule has 0 spiro atoms. The van der Waals surface area contributed by atoms with E-state index < -0.39 is 11.5 Å². The van der Waals surface area contributed by atoms with E-state index in [2.05, 4.69) is 10.3 Å². The molecule has 0 saturated heterocycles. The third kappa shape index (κ3) is 2.74. The maximum Gasteiger partial charge on any atom is 0.330 e. The highest BCUT2D eigenvalue weighted by Gasteiger charge is 2.36. The van der Waals surface area contributed by atoms with Crippen LogP contribution in [0.2, 0.25) is 0 Å². The van der Waals surface area contributed by atoms with Crippen LogP contribution in [0.4, 0.5) is 0 Å². The molecule has 0 aliphatic carbocycles. The normalized spacial score (nSPS) is 14.8. The van der Waals surface area contributed by atoms with Crippen molar-refractivity contribution < 1.29 is 14.6 Å². The van der Waals surface area contributed by atoms with Crippen LogP contribution in [-0.4, -0.2) is 36.3 Å². The van der Waals surface area contributed by atoms with E-state index in [0.717, 1.165) is 0 Å². The highest BCUT2D eigenvalue weighted by atomic mass is 32.1. The molecule has 2 N–H and O–H groups in total. The molecule has 6 heteroatoms. The molecule has 1 aromatic heterocycles. The molecule has 0 saturated carbocycles. The molecule has 84 valence electrons. The molecule has 1 heterocycles. The number of hydrogen-bond donors (Lipinski definition) is 2. The van der Waals surface area contributed by atoms with Crippen molar-refractivity contribution in [2.24, 2.45) is 0 Å². The largest absolute Gasteiger partial charge is 0.480 e. The Labute approximate surface area is 92.1 Å². The van der Waals surface area contributed by atoms with Crippen LogP contribution in [0.3, 0.4) is 0 Å². The van der Waals surface area contributed by atoms with Gasteiger partial charge in [0.2, 0.25) is 0 Å². The summed E-state index contributed by atoms with van der Waals surface area (Å²) in [5, 5.41) is 14.4. The molecule has 0 aliphatic heterocycles. The summed E-state index contributed by atoms with van der Waals surface area (Å²) in [4.78, 5) is 15.2. The third-order valence-electron chi connectivity index (χ3n) is 2.07. The van der Waals surface area contributed by atoms with Gasteiger partial charge in [-0.3, -0.25) is 5.32 Å². The van der Waals surface area contributed by atoms with Gasteiger partial charge in [-0.05, 0) is 6.92 Å². The molecule has 0 bridgehead atoms. The Hall–Kier alpha value is -0.980. The van der Waals surface area contributed by atoms with E-state index in [-0.39, 0.29) is 0 Å². The van der Waals surface area contributed by atoms with Crippen LogP contribution in [0.25, 0.3) is 0 Å². The minimum absolute atomic E-state index is 0.467. The molecule has 5 nitrogen and oxygen atoms in total. The van der Waals surface area contributed by atoms with Crippen molar-refractivity contribution in [3.05, 3.63) is 16.6 Å². The zero-order valence-electron chi connectivity index (χ0n) is 8.69. The van der Waals surface area contributed by atoms with Crippen molar-refractivity contribution in [1.29, 1.82) is 0 Å². The first-order valence-electron chi connectivity index (χ1n) is 4.48. The van der Waals surface area contributed by atoms with E-state index >= 15 is 0 Å². The summed E-state index contributed by atoms with van der Waals surface area (Å²) in [6.45, 7) is 2.54. The number of ether oxygens (including phenoxy) is 1. The predicted molar refractivity (Wildman–Crippen MR) is 57.0 cm³/mol. The van der Waals surface area contributed by atoms with Gasteiger partial charge >= 0.3 is 5.97 Å². The van der Waals surface area contributed by atoms with Gasteiger partial charge in [0, 0.05) is 25.2 Å². The molecule has 15 heavy (non-hydrogen) atoms. The van der Waals surface area contributed by atoms with Gasteiger partial charge < -0.3 is 9.84 Å². The SMILES string of the molecule is COCCNC(C)(C(=O)O)c1nccs1. The Bertz CT molecular complexity index is 315. The van der Waals surface area contributed by atoms with Crippen LogP contribution in [0.1, 0.15) is 11.9 Å². The van der Waals surface area contributed by atoms with Crippen molar-refractivity contribution in [2.75, 3.05) is 20.3 Å². The first-order valence-corrected chi connectivity index (χ1v) is 5.36. The lowest BCUT2D eigenvalue weighted by Crippen LogP contribution is -2.47. The summed E-state index contributed by atoms with van der Waals surface area (Å²) in [6.07, 6.45) is 1.60. The summed E-state index contributed by atoms with van der Waals surface area (Å²) < 4.78 is 4.86. The molecule has 1 aromatic rings. The predicted octanol–water partition coefficient (Wildman–Crippen LogP) is 0.679. The minimum Gasteiger partial charge on any atom is -0.480 e. The smallest absolute Gasteiger partial charge is 0.330 e. The van der Waals surface area contributed by atoms with E-state index in [1.165, 1.54) is 11.3 Å². The topological polar surface area (TPSA) is 71.5 Å². The Balaban J connectivity index is 2.75. The number of aromatic nitrogens is 1.